The maximum Gasteiger partial charge on any atom is 0.344 e. The second-order valence-corrected chi connectivity index (χ2v) is 6.92. The molecular weight excluding hydrogens is 370 g/mol. The monoisotopic (exact) mass is 391 g/mol. The minimum atomic E-state index is -0.675. The summed E-state index contributed by atoms with van der Waals surface area (Å²) in [5, 5.41) is 3.77. The Bertz CT molecular complexity index is 839. The summed E-state index contributed by atoms with van der Waals surface area (Å²) < 4.78 is 15.8. The Morgan fingerprint density at radius 3 is 2.37 bits per heavy atom. The number of hydrogen-bond donors (Lipinski definition) is 1. The predicted octanol–water partition coefficient (Wildman–Crippen LogP) is 4.92. The van der Waals surface area contributed by atoms with Gasteiger partial charge < -0.3 is 19.2 Å². The van der Waals surface area contributed by atoms with Gasteiger partial charge in [0.15, 0.2) is 5.76 Å². The van der Waals surface area contributed by atoms with Crippen molar-refractivity contribution in [3.05, 3.63) is 40.4 Å². The fourth-order valence-electron chi connectivity index (χ4n) is 3.39. The Hall–Kier alpha value is -2.47. The molecule has 0 amide bonds. The molecule has 144 valence electrons. The normalized spacial score (nSPS) is 14.6. The topological polar surface area (TPSA) is 77.8 Å². The second kappa shape index (κ2) is 8.48. The first kappa shape index (κ1) is 19.3. The van der Waals surface area contributed by atoms with E-state index in [-0.39, 0.29) is 28.8 Å². The fraction of sp³-hybridized carbons (Fsp3) is 0.400. The maximum absolute atomic E-state index is 12.5. The number of rotatable bonds is 5. The Balaban J connectivity index is 2.14. The smallest absolute Gasteiger partial charge is 0.344 e. The molecule has 0 saturated heterocycles. The molecule has 0 bridgehead atoms. The Labute approximate surface area is 162 Å². The van der Waals surface area contributed by atoms with E-state index in [4.69, 9.17) is 25.5 Å². The minimum Gasteiger partial charge on any atom is -0.465 e. The van der Waals surface area contributed by atoms with Crippen LogP contribution in [-0.2, 0) is 9.47 Å². The number of ether oxygens (including phenoxy) is 2. The molecule has 2 aromatic rings. The highest BCUT2D eigenvalue weighted by molar-refractivity contribution is 6.30. The number of halogens is 1. The zero-order valence-electron chi connectivity index (χ0n) is 15.3. The van der Waals surface area contributed by atoms with Crippen molar-refractivity contribution in [2.75, 3.05) is 19.5 Å². The summed E-state index contributed by atoms with van der Waals surface area (Å²) >= 11 is 6.09. The van der Waals surface area contributed by atoms with Crippen molar-refractivity contribution >= 4 is 29.4 Å². The number of carbonyl (C=O) groups is 2. The number of anilines is 1. The van der Waals surface area contributed by atoms with E-state index < -0.39 is 11.9 Å². The van der Waals surface area contributed by atoms with Crippen LogP contribution in [0.15, 0.2) is 28.7 Å². The molecule has 1 aromatic heterocycles. The van der Waals surface area contributed by atoms with Gasteiger partial charge in [0.1, 0.15) is 11.1 Å². The molecule has 0 atom stereocenters. The summed E-state index contributed by atoms with van der Waals surface area (Å²) in [6, 6.07) is 7.05. The van der Waals surface area contributed by atoms with Crippen LogP contribution in [0.2, 0.25) is 5.02 Å². The van der Waals surface area contributed by atoms with Gasteiger partial charge in [-0.15, -0.1) is 0 Å². The summed E-state index contributed by atoms with van der Waals surface area (Å²) in [6.07, 6.45) is 5.36. The number of carbonyl (C=O) groups excluding carboxylic acids is 2. The third-order valence-corrected chi connectivity index (χ3v) is 4.95. The maximum atomic E-state index is 12.5. The number of hydrogen-bond acceptors (Lipinski definition) is 6. The number of furan rings is 1. The highest BCUT2D eigenvalue weighted by atomic mass is 35.5. The average molecular weight is 392 g/mol. The van der Waals surface area contributed by atoms with Crippen molar-refractivity contribution in [1.82, 2.24) is 0 Å². The van der Waals surface area contributed by atoms with E-state index >= 15 is 0 Å². The molecule has 1 N–H and O–H groups in total. The molecule has 0 aliphatic heterocycles. The molecule has 1 fully saturated rings. The Morgan fingerprint density at radius 1 is 1.07 bits per heavy atom. The molecule has 3 rings (SSSR count). The number of benzene rings is 1. The van der Waals surface area contributed by atoms with Gasteiger partial charge in [0.2, 0.25) is 5.88 Å². The Morgan fingerprint density at radius 2 is 1.74 bits per heavy atom. The van der Waals surface area contributed by atoms with E-state index in [9.17, 15) is 9.59 Å². The molecule has 0 radical (unpaired) electrons. The van der Waals surface area contributed by atoms with Crippen molar-refractivity contribution in [1.29, 1.82) is 0 Å². The van der Waals surface area contributed by atoms with Crippen molar-refractivity contribution in [3.63, 3.8) is 0 Å². The lowest BCUT2D eigenvalue weighted by atomic mass is 9.95. The highest BCUT2D eigenvalue weighted by Crippen LogP contribution is 2.38. The van der Waals surface area contributed by atoms with Crippen LogP contribution in [0, 0.1) is 0 Å². The molecule has 1 heterocycles. The standard InChI is InChI=1S/C20H22ClNO5/c1-25-19(23)15-16(20(24)26-2)18(22-14-9-4-3-5-10-14)27-17(15)12-7-6-8-13(21)11-12/h6-8,11,14,22H,3-5,9-10H2,1-2H3. The first-order valence-corrected chi connectivity index (χ1v) is 9.28. The van der Waals surface area contributed by atoms with Gasteiger partial charge >= 0.3 is 11.9 Å². The highest BCUT2D eigenvalue weighted by Gasteiger charge is 2.33. The first-order valence-electron chi connectivity index (χ1n) is 8.91. The van der Waals surface area contributed by atoms with Gasteiger partial charge in [0.25, 0.3) is 0 Å². The van der Waals surface area contributed by atoms with E-state index in [1.54, 1.807) is 24.3 Å². The summed E-state index contributed by atoms with van der Waals surface area (Å²) in [4.78, 5) is 25.0. The van der Waals surface area contributed by atoms with E-state index in [0.717, 1.165) is 25.7 Å². The zero-order valence-corrected chi connectivity index (χ0v) is 16.1. The van der Waals surface area contributed by atoms with Crippen LogP contribution >= 0.6 is 11.6 Å². The molecule has 1 saturated carbocycles. The molecule has 1 aliphatic carbocycles. The van der Waals surface area contributed by atoms with E-state index in [2.05, 4.69) is 5.32 Å². The lowest BCUT2D eigenvalue weighted by molar-refractivity contribution is 0.0558. The van der Waals surface area contributed by atoms with Crippen molar-refractivity contribution in [2.24, 2.45) is 0 Å². The molecule has 0 unspecified atom stereocenters. The second-order valence-electron chi connectivity index (χ2n) is 6.48. The Kier molecular flexibility index (Phi) is 6.06. The average Bonchev–Trinajstić information content (AvgIpc) is 3.06. The van der Waals surface area contributed by atoms with E-state index in [1.807, 2.05) is 0 Å². The molecule has 0 spiro atoms. The molecule has 1 aromatic carbocycles. The van der Waals surface area contributed by atoms with Gasteiger partial charge in [0, 0.05) is 16.6 Å². The predicted molar refractivity (Wildman–Crippen MR) is 102 cm³/mol. The summed E-state index contributed by atoms with van der Waals surface area (Å²) in [6.45, 7) is 0. The number of esters is 2. The zero-order chi connectivity index (χ0) is 19.4. The third kappa shape index (κ3) is 4.11. The van der Waals surface area contributed by atoms with Crippen molar-refractivity contribution in [2.45, 2.75) is 38.1 Å². The quantitative estimate of drug-likeness (QED) is 0.729. The lowest BCUT2D eigenvalue weighted by Gasteiger charge is -2.22. The molecule has 7 heteroatoms. The molecule has 6 nitrogen and oxygen atoms in total. The van der Waals surface area contributed by atoms with Gasteiger partial charge in [-0.05, 0) is 25.0 Å². The van der Waals surface area contributed by atoms with Crippen molar-refractivity contribution in [3.8, 4) is 11.3 Å². The van der Waals surface area contributed by atoms with Crippen molar-refractivity contribution < 1.29 is 23.5 Å². The first-order chi connectivity index (χ1) is 13.0. The van der Waals surface area contributed by atoms with Gasteiger partial charge in [-0.2, -0.15) is 0 Å². The summed E-state index contributed by atoms with van der Waals surface area (Å²) in [5.74, 6) is -0.885. The number of methoxy groups -OCH3 is 2. The minimum absolute atomic E-state index is 0.0323. The van der Waals surface area contributed by atoms with Gasteiger partial charge in [0.05, 0.1) is 14.2 Å². The van der Waals surface area contributed by atoms with Crippen LogP contribution in [0.5, 0.6) is 0 Å². The van der Waals surface area contributed by atoms with Crippen LogP contribution in [-0.4, -0.2) is 32.2 Å². The SMILES string of the molecule is COC(=O)c1c(NC2CCCCC2)oc(-c2cccc(Cl)c2)c1C(=O)OC. The molecular formula is C20H22ClNO5. The summed E-state index contributed by atoms with van der Waals surface area (Å²) in [5.41, 5.74) is 0.652. The fourth-order valence-corrected chi connectivity index (χ4v) is 3.58. The van der Waals surface area contributed by atoms with Crippen LogP contribution in [0.4, 0.5) is 5.88 Å². The van der Waals surface area contributed by atoms with Gasteiger partial charge in [-0.3, -0.25) is 0 Å². The van der Waals surface area contributed by atoms with E-state index in [0.29, 0.717) is 10.6 Å². The van der Waals surface area contributed by atoms with Crippen LogP contribution < -0.4 is 5.32 Å². The van der Waals surface area contributed by atoms with Gasteiger partial charge in [-0.1, -0.05) is 43.0 Å². The van der Waals surface area contributed by atoms with Crippen LogP contribution in [0.25, 0.3) is 11.3 Å². The van der Waals surface area contributed by atoms with Crippen LogP contribution in [0.3, 0.4) is 0 Å². The number of nitrogens with one attached hydrogen (secondary N) is 1. The van der Waals surface area contributed by atoms with Gasteiger partial charge in [-0.25, -0.2) is 9.59 Å². The molecule has 1 aliphatic rings. The lowest BCUT2D eigenvalue weighted by Crippen LogP contribution is -2.23. The largest absolute Gasteiger partial charge is 0.465 e. The van der Waals surface area contributed by atoms with E-state index in [1.165, 1.54) is 20.6 Å². The van der Waals surface area contributed by atoms with Crippen LogP contribution in [0.1, 0.15) is 52.8 Å². The summed E-state index contributed by atoms with van der Waals surface area (Å²) in [7, 11) is 2.52. The molecule has 27 heavy (non-hydrogen) atoms. The third-order valence-electron chi connectivity index (χ3n) is 4.71.